The second-order valence-electron chi connectivity index (χ2n) is 1.60. The minimum absolute atomic E-state index is 0.671. The molecule has 0 aliphatic carbocycles. The Kier molecular flexibility index (Phi) is 0.745. The standard InChI is InChI=1S/C5H3N3O/c1-4-5(2-7-8-4)9-3-6-1/h1-3H. The van der Waals surface area contributed by atoms with Gasteiger partial charge in [0.2, 0.25) is 0 Å². The van der Waals surface area contributed by atoms with Crippen LogP contribution in [0, 0.1) is 0 Å². The van der Waals surface area contributed by atoms with Gasteiger partial charge in [-0.05, 0) is 0 Å². The van der Waals surface area contributed by atoms with Gasteiger partial charge in [0.1, 0.15) is 5.69 Å². The molecular weight excluding hydrogens is 118 g/mol. The summed E-state index contributed by atoms with van der Waals surface area (Å²) in [6.45, 7) is 0. The zero-order chi connectivity index (χ0) is 6.10. The van der Waals surface area contributed by atoms with Gasteiger partial charge in [-0.3, -0.25) is 0 Å². The maximum Gasteiger partial charge on any atom is 0.181 e. The Morgan fingerprint density at radius 1 is 1.33 bits per heavy atom. The van der Waals surface area contributed by atoms with Crippen molar-refractivity contribution in [3.8, 4) is 11.5 Å². The van der Waals surface area contributed by atoms with Gasteiger partial charge >= 0.3 is 0 Å². The average Bonchev–Trinajstić information content (AvgIpc) is 2.33. The quantitative estimate of drug-likeness (QED) is 0.511. The molecule has 4 heteroatoms. The summed E-state index contributed by atoms with van der Waals surface area (Å²) in [4.78, 5) is 3.72. The monoisotopic (exact) mass is 121 g/mol. The van der Waals surface area contributed by atoms with E-state index in [-0.39, 0.29) is 0 Å². The molecule has 9 heavy (non-hydrogen) atoms. The molecule has 0 saturated carbocycles. The van der Waals surface area contributed by atoms with Crippen molar-refractivity contribution in [2.45, 2.75) is 0 Å². The molecule has 0 aromatic rings. The molecule has 0 fully saturated rings. The molecule has 2 aliphatic rings. The summed E-state index contributed by atoms with van der Waals surface area (Å²) in [6, 6.07) is 0. The van der Waals surface area contributed by atoms with Gasteiger partial charge in [0.05, 0.1) is 12.4 Å². The highest BCUT2D eigenvalue weighted by Crippen LogP contribution is 2.13. The fourth-order valence-electron chi connectivity index (χ4n) is 0.627. The van der Waals surface area contributed by atoms with Crippen LogP contribution in [0.25, 0.3) is 11.5 Å². The lowest BCUT2D eigenvalue weighted by Gasteiger charge is -1.87. The summed E-state index contributed by atoms with van der Waals surface area (Å²) in [5.74, 6) is 0.671. The molecule has 0 spiro atoms. The third-order valence-electron chi connectivity index (χ3n) is 1.03. The van der Waals surface area contributed by atoms with Crippen LogP contribution in [-0.2, 0) is 0 Å². The Hall–Kier alpha value is -1.45. The molecule has 0 N–H and O–H groups in total. The first kappa shape index (κ1) is 4.43. The average molecular weight is 121 g/mol. The predicted octanol–water partition coefficient (Wildman–Crippen LogP) is 0.569. The Bertz CT molecular complexity index is 252. The molecule has 0 atom stereocenters. The van der Waals surface area contributed by atoms with Crippen molar-refractivity contribution < 1.29 is 4.42 Å². The van der Waals surface area contributed by atoms with Gasteiger partial charge in [0, 0.05) is 0 Å². The van der Waals surface area contributed by atoms with Crippen molar-refractivity contribution in [2.75, 3.05) is 0 Å². The maximum atomic E-state index is 4.92. The zero-order valence-corrected chi connectivity index (χ0v) is 4.48. The first-order valence-electron chi connectivity index (χ1n) is 2.47. The van der Waals surface area contributed by atoms with E-state index in [0.717, 1.165) is 0 Å². The summed E-state index contributed by atoms with van der Waals surface area (Å²) in [6.07, 6.45) is 4.51. The molecule has 2 aliphatic heterocycles. The van der Waals surface area contributed by atoms with Gasteiger partial charge in [0.15, 0.2) is 12.2 Å². The predicted molar refractivity (Wildman–Crippen MR) is 28.7 cm³/mol. The Labute approximate surface area is 50.9 Å². The lowest BCUT2D eigenvalue weighted by atomic mass is 10.4. The fourth-order valence-corrected chi connectivity index (χ4v) is 0.627. The van der Waals surface area contributed by atoms with E-state index in [9.17, 15) is 0 Å². The van der Waals surface area contributed by atoms with Gasteiger partial charge in [-0.15, -0.1) is 5.10 Å². The van der Waals surface area contributed by atoms with Crippen molar-refractivity contribution in [1.82, 2.24) is 15.2 Å². The topological polar surface area (TPSA) is 51.8 Å². The largest absolute Gasteiger partial charge is 0.442 e. The summed E-state index contributed by atoms with van der Waals surface area (Å²) < 4.78 is 4.92. The van der Waals surface area contributed by atoms with Crippen molar-refractivity contribution in [3.63, 3.8) is 0 Å². The normalized spacial score (nSPS) is 10.2. The van der Waals surface area contributed by atoms with Gasteiger partial charge < -0.3 is 4.42 Å². The van der Waals surface area contributed by atoms with Gasteiger partial charge in [0.25, 0.3) is 0 Å². The van der Waals surface area contributed by atoms with Gasteiger partial charge in [-0.25, -0.2) is 4.98 Å². The molecule has 0 saturated heterocycles. The molecule has 0 radical (unpaired) electrons. The molecule has 44 valence electrons. The summed E-state index contributed by atoms with van der Waals surface area (Å²) in [5.41, 5.74) is 0.692. The van der Waals surface area contributed by atoms with Crippen LogP contribution in [0.3, 0.4) is 0 Å². The highest BCUT2D eigenvalue weighted by molar-refractivity contribution is 5.48. The number of aromatic nitrogens is 3. The molecule has 4 nitrogen and oxygen atoms in total. The number of hydrogen-bond donors (Lipinski definition) is 0. The second-order valence-corrected chi connectivity index (χ2v) is 1.60. The van der Waals surface area contributed by atoms with E-state index in [1.165, 1.54) is 6.39 Å². The summed E-state index contributed by atoms with van der Waals surface area (Å²) >= 11 is 0. The van der Waals surface area contributed by atoms with E-state index in [1.807, 2.05) is 0 Å². The van der Waals surface area contributed by atoms with Gasteiger partial charge in [-0.1, -0.05) is 0 Å². The molecule has 0 aromatic carbocycles. The van der Waals surface area contributed by atoms with Crippen molar-refractivity contribution in [1.29, 1.82) is 0 Å². The van der Waals surface area contributed by atoms with Crippen molar-refractivity contribution >= 4 is 0 Å². The Morgan fingerprint density at radius 3 is 3.22 bits per heavy atom. The zero-order valence-electron chi connectivity index (χ0n) is 4.48. The third-order valence-corrected chi connectivity index (χ3v) is 1.03. The molecule has 2 rings (SSSR count). The smallest absolute Gasteiger partial charge is 0.181 e. The number of fused-ring (bicyclic) bond motifs is 1. The Balaban J connectivity index is 2.79. The van der Waals surface area contributed by atoms with Gasteiger partial charge in [-0.2, -0.15) is 5.10 Å². The number of hydrogen-bond acceptors (Lipinski definition) is 4. The minimum Gasteiger partial charge on any atom is -0.442 e. The number of rotatable bonds is 0. The van der Waals surface area contributed by atoms with Crippen LogP contribution in [0.4, 0.5) is 0 Å². The van der Waals surface area contributed by atoms with Crippen molar-refractivity contribution in [2.24, 2.45) is 0 Å². The van der Waals surface area contributed by atoms with E-state index in [4.69, 9.17) is 4.42 Å². The third kappa shape index (κ3) is 0.561. The molecule has 0 unspecified atom stereocenters. The lowest BCUT2D eigenvalue weighted by Crippen LogP contribution is -1.76. The maximum absolute atomic E-state index is 4.92. The van der Waals surface area contributed by atoms with Crippen LogP contribution >= 0.6 is 0 Å². The van der Waals surface area contributed by atoms with Crippen LogP contribution in [0.1, 0.15) is 0 Å². The van der Waals surface area contributed by atoms with Crippen LogP contribution in [0.5, 0.6) is 0 Å². The lowest BCUT2D eigenvalue weighted by molar-refractivity contribution is 0.542. The van der Waals surface area contributed by atoms with Crippen LogP contribution in [0.15, 0.2) is 23.2 Å². The summed E-state index contributed by atoms with van der Waals surface area (Å²) in [7, 11) is 0. The van der Waals surface area contributed by atoms with E-state index in [1.54, 1.807) is 12.4 Å². The first-order chi connectivity index (χ1) is 4.47. The van der Waals surface area contributed by atoms with E-state index >= 15 is 0 Å². The highest BCUT2D eigenvalue weighted by atomic mass is 16.3. The minimum atomic E-state index is 0.671. The molecular formula is C5H3N3O. The second kappa shape index (κ2) is 1.51. The van der Waals surface area contributed by atoms with Crippen molar-refractivity contribution in [3.05, 3.63) is 18.8 Å². The first-order valence-corrected chi connectivity index (χ1v) is 2.47. The molecule has 0 amide bonds. The molecule has 2 heterocycles. The Morgan fingerprint density at radius 2 is 2.33 bits per heavy atom. The highest BCUT2D eigenvalue weighted by Gasteiger charge is 2.03. The molecule has 0 bridgehead atoms. The molecule has 0 aromatic heterocycles. The van der Waals surface area contributed by atoms with Crippen LogP contribution in [0.2, 0.25) is 0 Å². The van der Waals surface area contributed by atoms with E-state index < -0.39 is 0 Å². The van der Waals surface area contributed by atoms with Crippen LogP contribution < -0.4 is 0 Å². The van der Waals surface area contributed by atoms with E-state index in [0.29, 0.717) is 11.5 Å². The van der Waals surface area contributed by atoms with E-state index in [2.05, 4.69) is 15.2 Å². The van der Waals surface area contributed by atoms with Crippen LogP contribution in [-0.4, -0.2) is 15.2 Å². The fraction of sp³-hybridized carbons (Fsp3) is 0. The number of nitrogens with zero attached hydrogens (tertiary/aromatic N) is 3. The summed E-state index contributed by atoms with van der Waals surface area (Å²) in [5, 5.41) is 7.33. The SMILES string of the molecule is c1ncc2nncc-2o1.